The zero-order valence-electron chi connectivity index (χ0n) is 15.6. The lowest BCUT2D eigenvalue weighted by Crippen LogP contribution is -2.42. The smallest absolute Gasteiger partial charge is 0.244 e. The van der Waals surface area contributed by atoms with E-state index in [0.29, 0.717) is 13.0 Å². The highest BCUT2D eigenvalue weighted by Gasteiger charge is 2.24. The average molecular weight is 346 g/mol. The molecule has 1 unspecified atom stereocenters. The number of hydrogen-bond acceptors (Lipinski definition) is 3. The number of rotatable bonds is 8. The summed E-state index contributed by atoms with van der Waals surface area (Å²) in [7, 11) is 0. The van der Waals surface area contributed by atoms with Crippen molar-refractivity contribution in [2.75, 3.05) is 25.0 Å². The number of aryl methyl sites for hydroxylation is 1. The lowest BCUT2D eigenvalue weighted by Gasteiger charge is -2.25. The van der Waals surface area contributed by atoms with Gasteiger partial charge >= 0.3 is 0 Å². The van der Waals surface area contributed by atoms with Crippen molar-refractivity contribution in [3.8, 4) is 0 Å². The average Bonchev–Trinajstić information content (AvgIpc) is 3.09. The van der Waals surface area contributed by atoms with Crippen molar-refractivity contribution in [2.24, 2.45) is 0 Å². The normalized spacial score (nSPS) is 16.7. The molecule has 1 atom stereocenters. The molecule has 1 fully saturated rings. The van der Waals surface area contributed by atoms with Crippen LogP contribution in [0.15, 0.2) is 18.2 Å². The Labute approximate surface area is 150 Å². The van der Waals surface area contributed by atoms with E-state index < -0.39 is 0 Å². The summed E-state index contributed by atoms with van der Waals surface area (Å²) in [5.41, 5.74) is 3.00. The van der Waals surface area contributed by atoms with Gasteiger partial charge in [-0.05, 0) is 50.3 Å². The van der Waals surface area contributed by atoms with Gasteiger partial charge in [0.25, 0.3) is 0 Å². The number of nitrogens with one attached hydrogen (secondary N) is 1. The number of amides is 2. The van der Waals surface area contributed by atoms with Gasteiger partial charge in [0.05, 0.1) is 12.6 Å². The molecule has 1 saturated heterocycles. The summed E-state index contributed by atoms with van der Waals surface area (Å²) in [6.07, 6.45) is 4.33. The van der Waals surface area contributed by atoms with Crippen LogP contribution >= 0.6 is 0 Å². The summed E-state index contributed by atoms with van der Waals surface area (Å²) >= 11 is 0. The fourth-order valence-corrected chi connectivity index (χ4v) is 3.02. The summed E-state index contributed by atoms with van der Waals surface area (Å²) in [6, 6.07) is 5.83. The van der Waals surface area contributed by atoms with Crippen molar-refractivity contribution in [3.05, 3.63) is 29.3 Å². The summed E-state index contributed by atoms with van der Waals surface area (Å²) in [6.45, 7) is 7.39. The Kier molecular flexibility index (Phi) is 7.44. The van der Waals surface area contributed by atoms with Crippen LogP contribution in [0.2, 0.25) is 0 Å². The number of hydrogen-bond donors (Lipinski definition) is 1. The van der Waals surface area contributed by atoms with Crippen LogP contribution in [-0.2, 0) is 14.3 Å². The highest BCUT2D eigenvalue weighted by Crippen LogP contribution is 2.18. The molecule has 25 heavy (non-hydrogen) atoms. The van der Waals surface area contributed by atoms with Gasteiger partial charge in [-0.3, -0.25) is 9.59 Å². The highest BCUT2D eigenvalue weighted by molar-refractivity contribution is 5.95. The Hall–Kier alpha value is -1.88. The standard InChI is InChI=1S/C20H30N2O3/c1-4-5-11-20(24)22(13-17-9-7-12-25-17)14-19(23)21-18-10-6-8-15(2)16(18)3/h6,8,10,17H,4-5,7,9,11-14H2,1-3H3,(H,21,23). The van der Waals surface area contributed by atoms with Gasteiger partial charge in [-0.15, -0.1) is 0 Å². The van der Waals surface area contributed by atoms with Crippen LogP contribution in [-0.4, -0.2) is 42.5 Å². The van der Waals surface area contributed by atoms with E-state index in [9.17, 15) is 9.59 Å². The lowest BCUT2D eigenvalue weighted by atomic mass is 10.1. The molecular weight excluding hydrogens is 316 g/mol. The van der Waals surface area contributed by atoms with Gasteiger partial charge in [-0.25, -0.2) is 0 Å². The molecule has 2 rings (SSSR count). The molecule has 0 aromatic heterocycles. The third kappa shape index (κ3) is 5.85. The molecule has 5 heteroatoms. The minimum absolute atomic E-state index is 0.0356. The second-order valence-electron chi connectivity index (χ2n) is 6.81. The van der Waals surface area contributed by atoms with Crippen molar-refractivity contribution in [2.45, 2.75) is 59.0 Å². The first kappa shape index (κ1) is 19.4. The second kappa shape index (κ2) is 9.56. The number of carbonyl (C=O) groups excluding carboxylic acids is 2. The van der Waals surface area contributed by atoms with Crippen LogP contribution < -0.4 is 5.32 Å². The van der Waals surface area contributed by atoms with E-state index in [1.807, 2.05) is 32.0 Å². The summed E-state index contributed by atoms with van der Waals surface area (Å²) in [5.74, 6) is -0.120. The molecule has 1 aliphatic heterocycles. The molecule has 138 valence electrons. The van der Waals surface area contributed by atoms with Crippen molar-refractivity contribution >= 4 is 17.5 Å². The predicted molar refractivity (Wildman–Crippen MR) is 99.6 cm³/mol. The molecule has 0 aliphatic carbocycles. The van der Waals surface area contributed by atoms with Gasteiger partial charge in [0.1, 0.15) is 0 Å². The van der Waals surface area contributed by atoms with Gasteiger partial charge in [0.15, 0.2) is 0 Å². The van der Waals surface area contributed by atoms with Crippen molar-refractivity contribution in [3.63, 3.8) is 0 Å². The quantitative estimate of drug-likeness (QED) is 0.784. The summed E-state index contributed by atoms with van der Waals surface area (Å²) < 4.78 is 5.65. The van der Waals surface area contributed by atoms with E-state index in [1.54, 1.807) is 4.90 Å². The first-order chi connectivity index (χ1) is 12.0. The molecule has 5 nitrogen and oxygen atoms in total. The van der Waals surface area contributed by atoms with Gasteiger partial charge in [0.2, 0.25) is 11.8 Å². The van der Waals surface area contributed by atoms with Crippen molar-refractivity contribution in [1.29, 1.82) is 0 Å². The minimum atomic E-state index is -0.156. The number of ether oxygens (including phenoxy) is 1. The number of nitrogens with zero attached hydrogens (tertiary/aromatic N) is 1. The predicted octanol–water partition coefficient (Wildman–Crippen LogP) is 3.44. The van der Waals surface area contributed by atoms with E-state index in [2.05, 4.69) is 12.2 Å². The fraction of sp³-hybridized carbons (Fsp3) is 0.600. The molecule has 1 aliphatic rings. The minimum Gasteiger partial charge on any atom is -0.376 e. The van der Waals surface area contributed by atoms with Crippen LogP contribution in [0, 0.1) is 13.8 Å². The second-order valence-corrected chi connectivity index (χ2v) is 6.81. The zero-order chi connectivity index (χ0) is 18.2. The van der Waals surface area contributed by atoms with E-state index in [1.165, 1.54) is 0 Å². The van der Waals surface area contributed by atoms with E-state index in [4.69, 9.17) is 4.74 Å². The first-order valence-electron chi connectivity index (χ1n) is 9.26. The SMILES string of the molecule is CCCCC(=O)N(CC(=O)Nc1cccc(C)c1C)CC1CCCO1. The van der Waals surface area contributed by atoms with Crippen LogP contribution in [0.1, 0.15) is 50.2 Å². The first-order valence-corrected chi connectivity index (χ1v) is 9.26. The molecule has 1 heterocycles. The third-order valence-electron chi connectivity index (χ3n) is 4.76. The Morgan fingerprint density at radius 2 is 2.12 bits per heavy atom. The Morgan fingerprint density at radius 3 is 2.80 bits per heavy atom. The topological polar surface area (TPSA) is 58.6 Å². The number of carbonyl (C=O) groups is 2. The maximum atomic E-state index is 12.5. The van der Waals surface area contributed by atoms with Crippen LogP contribution in [0.3, 0.4) is 0 Å². The molecule has 1 N–H and O–H groups in total. The number of anilines is 1. The fourth-order valence-electron chi connectivity index (χ4n) is 3.02. The van der Waals surface area contributed by atoms with Crippen LogP contribution in [0.5, 0.6) is 0 Å². The third-order valence-corrected chi connectivity index (χ3v) is 4.76. The molecule has 0 saturated carbocycles. The Morgan fingerprint density at radius 1 is 1.32 bits per heavy atom. The molecule has 1 aromatic carbocycles. The van der Waals surface area contributed by atoms with Crippen LogP contribution in [0.25, 0.3) is 0 Å². The van der Waals surface area contributed by atoms with Crippen molar-refractivity contribution in [1.82, 2.24) is 4.90 Å². The van der Waals surface area contributed by atoms with Crippen molar-refractivity contribution < 1.29 is 14.3 Å². The van der Waals surface area contributed by atoms with E-state index >= 15 is 0 Å². The van der Waals surface area contributed by atoms with E-state index in [0.717, 1.165) is 49.1 Å². The molecule has 2 amide bonds. The molecule has 0 radical (unpaired) electrons. The molecule has 0 spiro atoms. The van der Waals surface area contributed by atoms with Gasteiger partial charge in [0, 0.05) is 25.3 Å². The monoisotopic (exact) mass is 346 g/mol. The van der Waals surface area contributed by atoms with Gasteiger partial charge < -0.3 is 15.0 Å². The molecule has 0 bridgehead atoms. The van der Waals surface area contributed by atoms with Gasteiger partial charge in [-0.1, -0.05) is 25.5 Å². The zero-order valence-corrected chi connectivity index (χ0v) is 15.6. The Balaban J connectivity index is 1.99. The molecular formula is C20H30N2O3. The van der Waals surface area contributed by atoms with Gasteiger partial charge in [-0.2, -0.15) is 0 Å². The number of benzene rings is 1. The summed E-state index contributed by atoms with van der Waals surface area (Å²) in [4.78, 5) is 26.6. The largest absolute Gasteiger partial charge is 0.376 e. The maximum Gasteiger partial charge on any atom is 0.244 e. The van der Waals surface area contributed by atoms with Crippen LogP contribution in [0.4, 0.5) is 5.69 Å². The summed E-state index contributed by atoms with van der Waals surface area (Å²) in [5, 5.41) is 2.94. The van der Waals surface area contributed by atoms with E-state index in [-0.39, 0.29) is 24.5 Å². The molecule has 1 aromatic rings. The Bertz CT molecular complexity index is 595. The number of unbranched alkanes of at least 4 members (excludes halogenated alkanes) is 1. The highest BCUT2D eigenvalue weighted by atomic mass is 16.5. The lowest BCUT2D eigenvalue weighted by molar-refractivity contribution is -0.136. The maximum absolute atomic E-state index is 12.5.